The molecule has 0 bridgehead atoms. The Labute approximate surface area is 126 Å². The predicted molar refractivity (Wildman–Crippen MR) is 83.0 cm³/mol. The molecule has 0 saturated heterocycles. The van der Waals surface area contributed by atoms with E-state index in [9.17, 15) is 4.79 Å². The molecular weight excluding hydrogens is 296 g/mol. The van der Waals surface area contributed by atoms with Crippen LogP contribution in [-0.2, 0) is 11.8 Å². The van der Waals surface area contributed by atoms with Gasteiger partial charge < -0.3 is 15.6 Å². The van der Waals surface area contributed by atoms with E-state index in [1.165, 1.54) is 11.8 Å². The summed E-state index contributed by atoms with van der Waals surface area (Å²) >= 11 is 7.53. The molecule has 3 N–H and O–H groups in total. The zero-order valence-corrected chi connectivity index (χ0v) is 12.5. The Morgan fingerprint density at radius 2 is 2.35 bits per heavy atom. The number of nitrogens with two attached hydrogens (primary N) is 1. The number of anilines is 2. The molecule has 2 aromatic rings. The van der Waals surface area contributed by atoms with E-state index < -0.39 is 0 Å². The SMILES string of the molecule is Cn1ccnc1SCCC(=O)Nc1ccc(N)cc1Cl. The van der Waals surface area contributed by atoms with Crippen LogP contribution in [0.2, 0.25) is 5.02 Å². The van der Waals surface area contributed by atoms with Crippen LogP contribution < -0.4 is 11.1 Å². The van der Waals surface area contributed by atoms with E-state index in [0.29, 0.717) is 28.6 Å². The van der Waals surface area contributed by atoms with Crippen LogP contribution in [0, 0.1) is 0 Å². The number of amides is 1. The molecule has 1 aromatic carbocycles. The summed E-state index contributed by atoms with van der Waals surface area (Å²) in [7, 11) is 1.92. The van der Waals surface area contributed by atoms with Crippen molar-refractivity contribution in [3.8, 4) is 0 Å². The number of aryl methyl sites for hydroxylation is 1. The lowest BCUT2D eigenvalue weighted by Gasteiger charge is -2.07. The number of carbonyl (C=O) groups is 1. The number of aromatic nitrogens is 2. The van der Waals surface area contributed by atoms with Crippen LogP contribution in [0.3, 0.4) is 0 Å². The molecule has 0 fully saturated rings. The number of nitrogens with zero attached hydrogens (tertiary/aromatic N) is 2. The first-order valence-corrected chi connectivity index (χ1v) is 7.37. The monoisotopic (exact) mass is 310 g/mol. The van der Waals surface area contributed by atoms with E-state index in [2.05, 4.69) is 10.3 Å². The van der Waals surface area contributed by atoms with Crippen molar-refractivity contribution in [3.63, 3.8) is 0 Å². The molecule has 1 amide bonds. The van der Waals surface area contributed by atoms with Crippen LogP contribution in [0.1, 0.15) is 6.42 Å². The molecule has 2 rings (SSSR count). The van der Waals surface area contributed by atoms with E-state index in [-0.39, 0.29) is 5.91 Å². The Bertz CT molecular complexity index is 614. The Morgan fingerprint density at radius 3 is 3.00 bits per heavy atom. The molecule has 106 valence electrons. The second-order valence-electron chi connectivity index (χ2n) is 4.21. The molecule has 5 nitrogen and oxygen atoms in total. The maximum absolute atomic E-state index is 11.8. The van der Waals surface area contributed by atoms with Crippen molar-refractivity contribution in [1.29, 1.82) is 0 Å². The fourth-order valence-electron chi connectivity index (χ4n) is 1.57. The van der Waals surface area contributed by atoms with Gasteiger partial charge in [0.2, 0.25) is 5.91 Å². The van der Waals surface area contributed by atoms with Crippen LogP contribution in [0.5, 0.6) is 0 Å². The number of nitrogens with one attached hydrogen (secondary N) is 1. The quantitative estimate of drug-likeness (QED) is 0.658. The van der Waals surface area contributed by atoms with Crippen molar-refractivity contribution >= 4 is 40.6 Å². The van der Waals surface area contributed by atoms with Crippen molar-refractivity contribution in [2.24, 2.45) is 7.05 Å². The highest BCUT2D eigenvalue weighted by atomic mass is 35.5. The summed E-state index contributed by atoms with van der Waals surface area (Å²) in [5.74, 6) is 0.571. The number of imidazole rings is 1. The molecule has 0 radical (unpaired) electrons. The van der Waals surface area contributed by atoms with Gasteiger partial charge in [-0.3, -0.25) is 4.79 Å². The van der Waals surface area contributed by atoms with Gasteiger partial charge in [0.05, 0.1) is 10.7 Å². The third-order valence-corrected chi connectivity index (χ3v) is 3.98. The van der Waals surface area contributed by atoms with Gasteiger partial charge in [-0.1, -0.05) is 23.4 Å². The lowest BCUT2D eigenvalue weighted by Crippen LogP contribution is -2.12. The average molecular weight is 311 g/mol. The molecule has 7 heteroatoms. The summed E-state index contributed by atoms with van der Waals surface area (Å²) in [6.07, 6.45) is 3.99. The third kappa shape index (κ3) is 3.91. The number of carbonyl (C=O) groups excluding carboxylic acids is 1. The van der Waals surface area contributed by atoms with Crippen molar-refractivity contribution in [2.45, 2.75) is 11.6 Å². The molecule has 0 saturated carbocycles. The number of hydrogen-bond acceptors (Lipinski definition) is 4. The molecule has 0 aliphatic rings. The van der Waals surface area contributed by atoms with Crippen LogP contribution >= 0.6 is 23.4 Å². The summed E-state index contributed by atoms with van der Waals surface area (Å²) in [4.78, 5) is 16.0. The second-order valence-corrected chi connectivity index (χ2v) is 5.68. The summed E-state index contributed by atoms with van der Waals surface area (Å²) in [6.45, 7) is 0. The lowest BCUT2D eigenvalue weighted by molar-refractivity contribution is -0.115. The number of benzene rings is 1. The van der Waals surface area contributed by atoms with Gasteiger partial charge in [-0.25, -0.2) is 4.98 Å². The smallest absolute Gasteiger partial charge is 0.225 e. The standard InChI is InChI=1S/C13H15ClN4OS/c1-18-6-5-16-13(18)20-7-4-12(19)17-11-3-2-9(15)8-10(11)14/h2-3,5-6,8H,4,7,15H2,1H3,(H,17,19). The molecule has 1 heterocycles. The highest BCUT2D eigenvalue weighted by Crippen LogP contribution is 2.24. The van der Waals surface area contributed by atoms with Crippen LogP contribution in [0.25, 0.3) is 0 Å². The molecular formula is C13H15ClN4OS. The first-order valence-electron chi connectivity index (χ1n) is 6.01. The summed E-state index contributed by atoms with van der Waals surface area (Å²) < 4.78 is 1.92. The fourth-order valence-corrected chi connectivity index (χ4v) is 2.68. The maximum atomic E-state index is 11.8. The van der Waals surface area contributed by atoms with Gasteiger partial charge in [-0.2, -0.15) is 0 Å². The van der Waals surface area contributed by atoms with Gasteiger partial charge in [-0.05, 0) is 18.2 Å². The normalized spacial score (nSPS) is 10.5. The maximum Gasteiger partial charge on any atom is 0.225 e. The summed E-state index contributed by atoms with van der Waals surface area (Å²) in [5, 5.41) is 4.10. The minimum Gasteiger partial charge on any atom is -0.399 e. The van der Waals surface area contributed by atoms with E-state index >= 15 is 0 Å². The third-order valence-electron chi connectivity index (χ3n) is 2.60. The van der Waals surface area contributed by atoms with Gasteiger partial charge in [-0.15, -0.1) is 0 Å². The largest absolute Gasteiger partial charge is 0.399 e. The number of rotatable bonds is 5. The van der Waals surface area contributed by atoms with Crippen molar-refractivity contribution < 1.29 is 4.79 Å². The van der Waals surface area contributed by atoms with Crippen LogP contribution in [0.4, 0.5) is 11.4 Å². The molecule has 1 aromatic heterocycles. The highest BCUT2D eigenvalue weighted by Gasteiger charge is 2.07. The first-order chi connectivity index (χ1) is 9.56. The first kappa shape index (κ1) is 14.7. The number of hydrogen-bond donors (Lipinski definition) is 2. The Kier molecular flexibility index (Phi) is 4.92. The Hall–Kier alpha value is -1.66. The number of halogens is 1. The van der Waals surface area contributed by atoms with E-state index in [1.807, 2.05) is 17.8 Å². The fraction of sp³-hybridized carbons (Fsp3) is 0.231. The van der Waals surface area contributed by atoms with E-state index in [0.717, 1.165) is 5.16 Å². The Morgan fingerprint density at radius 1 is 1.55 bits per heavy atom. The Balaban J connectivity index is 1.82. The number of thioether (sulfide) groups is 1. The highest BCUT2D eigenvalue weighted by molar-refractivity contribution is 7.99. The molecule has 0 spiro atoms. The zero-order chi connectivity index (χ0) is 14.5. The number of nitrogen functional groups attached to an aromatic ring is 1. The van der Waals surface area contributed by atoms with Gasteiger partial charge in [0, 0.05) is 37.3 Å². The van der Waals surface area contributed by atoms with Gasteiger partial charge in [0.25, 0.3) is 0 Å². The minimum atomic E-state index is -0.0848. The van der Waals surface area contributed by atoms with Crippen LogP contribution in [-0.4, -0.2) is 21.2 Å². The van der Waals surface area contributed by atoms with Gasteiger partial charge >= 0.3 is 0 Å². The van der Waals surface area contributed by atoms with Gasteiger partial charge in [0.1, 0.15) is 0 Å². The average Bonchev–Trinajstić information content (AvgIpc) is 2.79. The van der Waals surface area contributed by atoms with Crippen LogP contribution in [0.15, 0.2) is 35.7 Å². The molecule has 0 aliphatic carbocycles. The lowest BCUT2D eigenvalue weighted by atomic mass is 10.3. The molecule has 0 unspecified atom stereocenters. The van der Waals surface area contributed by atoms with Gasteiger partial charge in [0.15, 0.2) is 5.16 Å². The minimum absolute atomic E-state index is 0.0848. The molecule has 0 aliphatic heterocycles. The zero-order valence-electron chi connectivity index (χ0n) is 11.0. The van der Waals surface area contributed by atoms with E-state index in [4.69, 9.17) is 17.3 Å². The van der Waals surface area contributed by atoms with Crippen molar-refractivity contribution in [3.05, 3.63) is 35.6 Å². The topological polar surface area (TPSA) is 72.9 Å². The van der Waals surface area contributed by atoms with Crippen molar-refractivity contribution in [1.82, 2.24) is 9.55 Å². The summed E-state index contributed by atoms with van der Waals surface area (Å²) in [5.41, 5.74) is 6.74. The second kappa shape index (κ2) is 6.67. The predicted octanol–water partition coefficient (Wildman–Crippen LogP) is 2.78. The molecule has 0 atom stereocenters. The van der Waals surface area contributed by atoms with E-state index in [1.54, 1.807) is 24.4 Å². The summed E-state index contributed by atoms with van der Waals surface area (Å²) in [6, 6.07) is 5.01. The molecule has 20 heavy (non-hydrogen) atoms. The van der Waals surface area contributed by atoms with Crippen molar-refractivity contribution in [2.75, 3.05) is 16.8 Å².